The first kappa shape index (κ1) is 16.4. The molecule has 0 unspecified atom stereocenters. The smallest absolute Gasteiger partial charge is 0.252 e. The molecule has 0 saturated heterocycles. The number of methoxy groups -OCH3 is 1. The van der Waals surface area contributed by atoms with Crippen LogP contribution in [0.3, 0.4) is 0 Å². The fourth-order valence-electron chi connectivity index (χ4n) is 1.47. The summed E-state index contributed by atoms with van der Waals surface area (Å²) < 4.78 is 31.0. The Kier molecular flexibility index (Phi) is 5.45. The second-order valence-electron chi connectivity index (χ2n) is 3.91. The third-order valence-corrected chi connectivity index (χ3v) is 4.03. The number of aliphatic hydroxyl groups is 2. The van der Waals surface area contributed by atoms with Crippen LogP contribution in [0.2, 0.25) is 0 Å². The van der Waals surface area contributed by atoms with E-state index in [0.29, 0.717) is 0 Å². The van der Waals surface area contributed by atoms with Crippen LogP contribution in [-0.2, 0) is 10.0 Å². The normalized spacial score (nSPS) is 11.6. The highest BCUT2D eigenvalue weighted by Crippen LogP contribution is 2.22. The molecule has 1 aromatic rings. The molecule has 5 N–H and O–H groups in total. The molecule has 0 atom stereocenters. The quantitative estimate of drug-likeness (QED) is 0.480. The fraction of sp³-hybridized carbons (Fsp3) is 0.364. The van der Waals surface area contributed by atoms with Crippen molar-refractivity contribution in [3.8, 4) is 5.75 Å². The van der Waals surface area contributed by atoms with Gasteiger partial charge in [0.15, 0.2) is 0 Å². The summed E-state index contributed by atoms with van der Waals surface area (Å²) in [5, 5.41) is 17.8. The molecular formula is C11H16N2O6S. The number of carbonyl (C=O) groups excluding carboxylic acids is 1. The Morgan fingerprint density at radius 3 is 2.45 bits per heavy atom. The van der Waals surface area contributed by atoms with Crippen molar-refractivity contribution >= 4 is 15.9 Å². The minimum Gasteiger partial charge on any atom is -0.496 e. The van der Waals surface area contributed by atoms with Gasteiger partial charge in [-0.3, -0.25) is 4.79 Å². The summed E-state index contributed by atoms with van der Waals surface area (Å²) in [6, 6.07) is 2.55. The summed E-state index contributed by atoms with van der Waals surface area (Å²) in [6.07, 6.45) is 0. The number of ether oxygens (including phenoxy) is 1. The number of rotatable bonds is 7. The third-order valence-electron chi connectivity index (χ3n) is 2.51. The van der Waals surface area contributed by atoms with E-state index in [4.69, 9.17) is 20.7 Å². The molecule has 0 fully saturated rings. The van der Waals surface area contributed by atoms with Crippen molar-refractivity contribution in [2.24, 2.45) is 5.73 Å². The van der Waals surface area contributed by atoms with Crippen LogP contribution < -0.4 is 15.2 Å². The van der Waals surface area contributed by atoms with E-state index in [9.17, 15) is 13.2 Å². The van der Waals surface area contributed by atoms with E-state index in [1.165, 1.54) is 19.2 Å². The van der Waals surface area contributed by atoms with E-state index in [2.05, 4.69) is 4.72 Å². The Bertz CT molecular complexity index is 583. The zero-order chi connectivity index (χ0) is 15.3. The Morgan fingerprint density at radius 2 is 2.00 bits per heavy atom. The lowest BCUT2D eigenvalue weighted by Gasteiger charge is -2.14. The van der Waals surface area contributed by atoms with Crippen LogP contribution in [0.1, 0.15) is 10.4 Å². The minimum absolute atomic E-state index is 0.0834. The van der Waals surface area contributed by atoms with Crippen LogP contribution in [0.4, 0.5) is 0 Å². The molecule has 0 aliphatic carbocycles. The molecule has 0 aliphatic heterocycles. The van der Waals surface area contributed by atoms with Crippen molar-refractivity contribution in [2.45, 2.75) is 10.9 Å². The van der Waals surface area contributed by atoms with Crippen molar-refractivity contribution < 1.29 is 28.2 Å². The topological polar surface area (TPSA) is 139 Å². The van der Waals surface area contributed by atoms with Gasteiger partial charge >= 0.3 is 0 Å². The zero-order valence-electron chi connectivity index (χ0n) is 10.7. The Morgan fingerprint density at radius 1 is 1.40 bits per heavy atom. The van der Waals surface area contributed by atoms with E-state index in [1.807, 2.05) is 0 Å². The number of carbonyl (C=O) groups is 1. The predicted octanol–water partition coefficient (Wildman–Crippen LogP) is -1.57. The van der Waals surface area contributed by atoms with Gasteiger partial charge in [-0.15, -0.1) is 0 Å². The lowest BCUT2D eigenvalue weighted by molar-refractivity contribution is 0.0997. The van der Waals surface area contributed by atoms with Gasteiger partial charge in [-0.1, -0.05) is 0 Å². The van der Waals surface area contributed by atoms with Crippen molar-refractivity contribution in [2.75, 3.05) is 20.3 Å². The second kappa shape index (κ2) is 6.66. The number of nitrogens with two attached hydrogens (primary N) is 1. The van der Waals surface area contributed by atoms with Gasteiger partial charge in [-0.05, 0) is 18.2 Å². The highest BCUT2D eigenvalue weighted by Gasteiger charge is 2.21. The molecule has 0 aliphatic rings. The number of hydrogen-bond donors (Lipinski definition) is 4. The van der Waals surface area contributed by atoms with Gasteiger partial charge in [0.25, 0.3) is 5.91 Å². The molecule has 112 valence electrons. The number of primary amides is 1. The molecular weight excluding hydrogens is 288 g/mol. The number of benzene rings is 1. The molecule has 0 saturated carbocycles. The Balaban J connectivity index is 3.19. The monoisotopic (exact) mass is 304 g/mol. The number of aliphatic hydroxyl groups excluding tert-OH is 2. The zero-order valence-corrected chi connectivity index (χ0v) is 11.6. The van der Waals surface area contributed by atoms with Gasteiger partial charge in [0.2, 0.25) is 10.0 Å². The van der Waals surface area contributed by atoms with E-state index in [-0.39, 0.29) is 16.2 Å². The van der Waals surface area contributed by atoms with E-state index in [0.717, 1.165) is 6.07 Å². The first-order valence-electron chi connectivity index (χ1n) is 5.57. The molecule has 0 aromatic heterocycles. The van der Waals surface area contributed by atoms with Gasteiger partial charge in [0.05, 0.1) is 36.8 Å². The lowest BCUT2D eigenvalue weighted by Crippen LogP contribution is -2.40. The van der Waals surface area contributed by atoms with Crippen LogP contribution >= 0.6 is 0 Å². The van der Waals surface area contributed by atoms with Crippen molar-refractivity contribution in [3.05, 3.63) is 23.8 Å². The standard InChI is InChI=1S/C11H16N2O6S/c1-19-10-3-2-8(4-9(10)11(12)16)20(17,18)13-7(5-14)6-15/h2-4,7,13-15H,5-6H2,1H3,(H2,12,16). The first-order chi connectivity index (χ1) is 9.35. The van der Waals surface area contributed by atoms with Crippen LogP contribution in [0.25, 0.3) is 0 Å². The summed E-state index contributed by atoms with van der Waals surface area (Å²) in [5.74, 6) is -0.683. The molecule has 1 aromatic carbocycles. The molecule has 0 heterocycles. The number of hydrogen-bond acceptors (Lipinski definition) is 6. The second-order valence-corrected chi connectivity index (χ2v) is 5.62. The van der Waals surface area contributed by atoms with Crippen LogP contribution in [0.5, 0.6) is 5.75 Å². The highest BCUT2D eigenvalue weighted by atomic mass is 32.2. The maximum atomic E-state index is 12.0. The summed E-state index contributed by atoms with van der Waals surface area (Å²) >= 11 is 0. The molecule has 1 rings (SSSR count). The lowest BCUT2D eigenvalue weighted by atomic mass is 10.2. The SMILES string of the molecule is COc1ccc(S(=O)(=O)NC(CO)CO)cc1C(N)=O. The highest BCUT2D eigenvalue weighted by molar-refractivity contribution is 7.89. The molecule has 8 nitrogen and oxygen atoms in total. The maximum absolute atomic E-state index is 12.0. The summed E-state index contributed by atoms with van der Waals surface area (Å²) in [6.45, 7) is -1.12. The Hall–Kier alpha value is -1.68. The first-order valence-corrected chi connectivity index (χ1v) is 7.06. The summed E-state index contributed by atoms with van der Waals surface area (Å²) in [7, 11) is -2.68. The summed E-state index contributed by atoms with van der Waals surface area (Å²) in [5.41, 5.74) is 5.06. The molecule has 1 amide bonds. The third kappa shape index (κ3) is 3.67. The van der Waals surface area contributed by atoms with E-state index < -0.39 is 35.2 Å². The molecule has 0 radical (unpaired) electrons. The van der Waals surface area contributed by atoms with E-state index >= 15 is 0 Å². The van der Waals surface area contributed by atoms with Crippen molar-refractivity contribution in [3.63, 3.8) is 0 Å². The summed E-state index contributed by atoms with van der Waals surface area (Å²) in [4.78, 5) is 11.0. The Labute approximate surface area is 116 Å². The number of sulfonamides is 1. The van der Waals surface area contributed by atoms with Crippen molar-refractivity contribution in [1.82, 2.24) is 4.72 Å². The largest absolute Gasteiger partial charge is 0.496 e. The molecule has 0 bridgehead atoms. The van der Waals surface area contributed by atoms with Gasteiger partial charge < -0.3 is 20.7 Å². The van der Waals surface area contributed by atoms with Crippen LogP contribution in [-0.4, -0.2) is 50.9 Å². The van der Waals surface area contributed by atoms with Gasteiger partial charge in [0, 0.05) is 0 Å². The van der Waals surface area contributed by atoms with Gasteiger partial charge in [0.1, 0.15) is 5.75 Å². The molecule has 0 spiro atoms. The molecule has 20 heavy (non-hydrogen) atoms. The fourth-order valence-corrected chi connectivity index (χ4v) is 2.71. The average Bonchev–Trinajstić information content (AvgIpc) is 2.43. The maximum Gasteiger partial charge on any atom is 0.252 e. The van der Waals surface area contributed by atoms with Crippen molar-refractivity contribution in [1.29, 1.82) is 0 Å². The van der Waals surface area contributed by atoms with E-state index in [1.54, 1.807) is 0 Å². The number of nitrogens with one attached hydrogen (secondary N) is 1. The van der Waals surface area contributed by atoms with Gasteiger partial charge in [-0.25, -0.2) is 13.1 Å². The molecule has 9 heteroatoms. The number of amides is 1. The van der Waals surface area contributed by atoms with Crippen LogP contribution in [0.15, 0.2) is 23.1 Å². The predicted molar refractivity (Wildman–Crippen MR) is 69.8 cm³/mol. The van der Waals surface area contributed by atoms with Crippen LogP contribution in [0, 0.1) is 0 Å². The van der Waals surface area contributed by atoms with Gasteiger partial charge in [-0.2, -0.15) is 0 Å². The minimum atomic E-state index is -4.00. The average molecular weight is 304 g/mol.